The van der Waals surface area contributed by atoms with Crippen LogP contribution < -0.4 is 5.73 Å². The molecule has 0 saturated carbocycles. The van der Waals surface area contributed by atoms with E-state index >= 15 is 0 Å². The second-order valence-electron chi connectivity index (χ2n) is 3.62. The first kappa shape index (κ1) is 12.6. The van der Waals surface area contributed by atoms with Crippen LogP contribution in [0.1, 0.15) is 5.56 Å². The summed E-state index contributed by atoms with van der Waals surface area (Å²) < 4.78 is 38.3. The Morgan fingerprint density at radius 3 is 2.78 bits per heavy atom. The summed E-state index contributed by atoms with van der Waals surface area (Å²) in [6.45, 7) is 0. The van der Waals surface area contributed by atoms with Gasteiger partial charge in [-0.15, -0.1) is 0 Å². The van der Waals surface area contributed by atoms with Crippen molar-refractivity contribution in [3.8, 4) is 0 Å². The summed E-state index contributed by atoms with van der Waals surface area (Å²) in [5, 5.41) is 0.182. The third-order valence-corrected chi connectivity index (χ3v) is 3.66. The minimum atomic E-state index is -1.61. The zero-order valence-electron chi connectivity index (χ0n) is 9.27. The zero-order chi connectivity index (χ0) is 13.1. The molecular weight excluding hydrogens is 258 g/mol. The number of nitrogens with two attached hydrogens (primary N) is 1. The second kappa shape index (κ2) is 5.22. The number of pyridine rings is 1. The Morgan fingerprint density at radius 1 is 1.28 bits per heavy atom. The van der Waals surface area contributed by atoms with Crippen LogP contribution in [0.4, 0.5) is 14.5 Å². The molecular formula is C12H10F2N2OS. The highest BCUT2D eigenvalue weighted by molar-refractivity contribution is 7.84. The van der Waals surface area contributed by atoms with E-state index in [1.165, 1.54) is 6.20 Å². The van der Waals surface area contributed by atoms with Crippen LogP contribution in [0.5, 0.6) is 0 Å². The van der Waals surface area contributed by atoms with Crippen molar-refractivity contribution in [3.05, 3.63) is 53.7 Å². The lowest BCUT2D eigenvalue weighted by Crippen LogP contribution is -2.04. The van der Waals surface area contributed by atoms with Crippen molar-refractivity contribution in [3.63, 3.8) is 0 Å². The van der Waals surface area contributed by atoms with Crippen molar-refractivity contribution in [1.82, 2.24) is 4.98 Å². The van der Waals surface area contributed by atoms with Crippen molar-refractivity contribution in [1.29, 1.82) is 0 Å². The number of nitrogens with zero attached hydrogens (tertiary/aromatic N) is 1. The van der Waals surface area contributed by atoms with Crippen molar-refractivity contribution in [2.24, 2.45) is 0 Å². The van der Waals surface area contributed by atoms with Crippen molar-refractivity contribution in [2.75, 3.05) is 5.73 Å². The Kier molecular flexibility index (Phi) is 3.66. The first-order valence-corrected chi connectivity index (χ1v) is 6.42. The normalized spacial score (nSPS) is 12.3. The number of rotatable bonds is 3. The van der Waals surface area contributed by atoms with Gasteiger partial charge in [0.2, 0.25) is 0 Å². The van der Waals surface area contributed by atoms with Crippen LogP contribution in [0.25, 0.3) is 0 Å². The molecule has 1 unspecified atom stereocenters. The fourth-order valence-electron chi connectivity index (χ4n) is 1.46. The predicted octanol–water partition coefficient (Wildman–Crippen LogP) is 2.25. The number of nitrogen functional groups attached to an aromatic ring is 1. The molecule has 0 aliphatic heterocycles. The summed E-state index contributed by atoms with van der Waals surface area (Å²) >= 11 is 0. The van der Waals surface area contributed by atoms with Crippen molar-refractivity contribution < 1.29 is 13.0 Å². The second-order valence-corrected chi connectivity index (χ2v) is 4.99. The molecule has 2 aromatic rings. The Balaban J connectivity index is 2.27. The molecule has 0 aliphatic rings. The molecule has 2 rings (SSSR count). The van der Waals surface area contributed by atoms with Gasteiger partial charge in [-0.3, -0.25) is 4.21 Å². The molecule has 1 aromatic carbocycles. The third-order valence-electron chi connectivity index (χ3n) is 2.31. The molecule has 3 nitrogen and oxygen atoms in total. The van der Waals surface area contributed by atoms with Gasteiger partial charge in [0, 0.05) is 11.8 Å². The SMILES string of the molecule is Nc1cccnc1S(=O)Cc1cc(F)ccc1F. The topological polar surface area (TPSA) is 56.0 Å². The molecule has 94 valence electrons. The highest BCUT2D eigenvalue weighted by Gasteiger charge is 2.13. The van der Waals surface area contributed by atoms with Gasteiger partial charge in [0.15, 0.2) is 0 Å². The van der Waals surface area contributed by atoms with Gasteiger partial charge in [-0.1, -0.05) is 0 Å². The first-order chi connectivity index (χ1) is 8.58. The van der Waals surface area contributed by atoms with Crippen LogP contribution in [0.2, 0.25) is 0 Å². The Morgan fingerprint density at radius 2 is 2.06 bits per heavy atom. The average Bonchev–Trinajstić information content (AvgIpc) is 2.34. The summed E-state index contributed by atoms with van der Waals surface area (Å²) in [6, 6.07) is 6.20. The molecule has 0 aliphatic carbocycles. The minimum Gasteiger partial charge on any atom is -0.396 e. The molecule has 1 heterocycles. The lowest BCUT2D eigenvalue weighted by molar-refractivity contribution is 0.590. The molecule has 6 heteroatoms. The molecule has 18 heavy (non-hydrogen) atoms. The van der Waals surface area contributed by atoms with Gasteiger partial charge in [-0.2, -0.15) is 0 Å². The first-order valence-electron chi connectivity index (χ1n) is 5.10. The Hall–Kier alpha value is -1.82. The molecule has 2 N–H and O–H groups in total. The Labute approximate surface area is 105 Å². The number of aromatic nitrogens is 1. The van der Waals surface area contributed by atoms with Crippen LogP contribution in [-0.2, 0) is 16.6 Å². The van der Waals surface area contributed by atoms with E-state index in [4.69, 9.17) is 5.73 Å². The van der Waals surface area contributed by atoms with E-state index in [0.717, 1.165) is 18.2 Å². The van der Waals surface area contributed by atoms with E-state index in [1.54, 1.807) is 12.1 Å². The lowest BCUT2D eigenvalue weighted by atomic mass is 10.2. The van der Waals surface area contributed by atoms with Gasteiger partial charge in [-0.25, -0.2) is 13.8 Å². The van der Waals surface area contributed by atoms with Crippen molar-refractivity contribution >= 4 is 16.5 Å². The molecule has 1 aromatic heterocycles. The van der Waals surface area contributed by atoms with Crippen LogP contribution in [-0.4, -0.2) is 9.19 Å². The summed E-state index contributed by atoms with van der Waals surface area (Å²) in [6.07, 6.45) is 1.45. The average molecular weight is 268 g/mol. The number of benzene rings is 1. The highest BCUT2D eigenvalue weighted by atomic mass is 32.2. The van der Waals surface area contributed by atoms with Gasteiger partial charge in [-0.05, 0) is 30.3 Å². The molecule has 0 spiro atoms. The van der Waals surface area contributed by atoms with Crippen molar-refractivity contribution in [2.45, 2.75) is 10.8 Å². The lowest BCUT2D eigenvalue weighted by Gasteiger charge is -2.05. The fraction of sp³-hybridized carbons (Fsp3) is 0.0833. The van der Waals surface area contributed by atoms with Crippen LogP contribution in [0, 0.1) is 11.6 Å². The number of hydrogen-bond acceptors (Lipinski definition) is 3. The predicted molar refractivity (Wildman–Crippen MR) is 65.1 cm³/mol. The van der Waals surface area contributed by atoms with Gasteiger partial charge >= 0.3 is 0 Å². The Bertz CT molecular complexity index is 604. The van der Waals surface area contributed by atoms with Gasteiger partial charge in [0.25, 0.3) is 0 Å². The van der Waals surface area contributed by atoms with E-state index in [9.17, 15) is 13.0 Å². The third kappa shape index (κ3) is 2.70. The minimum absolute atomic E-state index is 0.0402. The molecule has 0 saturated heterocycles. The van der Waals surface area contributed by atoms with E-state index < -0.39 is 22.4 Å². The maximum Gasteiger partial charge on any atom is 0.150 e. The molecule has 0 bridgehead atoms. The van der Waals surface area contributed by atoms with Gasteiger partial charge in [0.1, 0.15) is 16.7 Å². The summed E-state index contributed by atoms with van der Waals surface area (Å²) in [5.41, 5.74) is 5.93. The molecule has 0 fully saturated rings. The standard InChI is InChI=1S/C12H10F2N2OS/c13-9-3-4-10(14)8(6-9)7-18(17)12-11(15)2-1-5-16-12/h1-6H,7,15H2. The van der Waals surface area contributed by atoms with Crippen LogP contribution in [0.3, 0.4) is 0 Å². The highest BCUT2D eigenvalue weighted by Crippen LogP contribution is 2.18. The summed E-state index contributed by atoms with van der Waals surface area (Å²) in [4.78, 5) is 3.89. The largest absolute Gasteiger partial charge is 0.396 e. The van der Waals surface area contributed by atoms with Gasteiger partial charge < -0.3 is 5.73 Å². The molecule has 1 atom stereocenters. The van der Waals surface area contributed by atoms with E-state index in [2.05, 4.69) is 4.98 Å². The molecule has 0 amide bonds. The fourth-order valence-corrected chi connectivity index (χ4v) is 2.61. The quantitative estimate of drug-likeness (QED) is 0.928. The molecule has 0 radical (unpaired) electrons. The monoisotopic (exact) mass is 268 g/mol. The number of halogens is 2. The maximum absolute atomic E-state index is 13.4. The smallest absolute Gasteiger partial charge is 0.150 e. The van der Waals surface area contributed by atoms with E-state index in [-0.39, 0.29) is 22.0 Å². The summed E-state index contributed by atoms with van der Waals surface area (Å²) in [5.74, 6) is -1.33. The number of hydrogen-bond donors (Lipinski definition) is 1. The number of anilines is 1. The van der Waals surface area contributed by atoms with E-state index in [1.807, 2.05) is 0 Å². The summed E-state index contributed by atoms with van der Waals surface area (Å²) in [7, 11) is -1.61. The maximum atomic E-state index is 13.4. The zero-order valence-corrected chi connectivity index (χ0v) is 10.1. The van der Waals surface area contributed by atoms with Crippen LogP contribution in [0.15, 0.2) is 41.6 Å². The van der Waals surface area contributed by atoms with Crippen LogP contribution >= 0.6 is 0 Å². The van der Waals surface area contributed by atoms with Gasteiger partial charge in [0.05, 0.1) is 22.2 Å². The van der Waals surface area contributed by atoms with E-state index in [0.29, 0.717) is 0 Å².